The fourth-order valence-electron chi connectivity index (χ4n) is 3.87. The Kier molecular flexibility index (Phi) is 9.62. The molecule has 0 bridgehead atoms. The van der Waals surface area contributed by atoms with Gasteiger partial charge in [0.25, 0.3) is 40.5 Å². The van der Waals surface area contributed by atoms with E-state index in [9.17, 15) is 51.9 Å². The molecule has 0 fully saturated rings. The Bertz CT molecular complexity index is 2150. The molecule has 0 saturated carbocycles. The zero-order valence-corrected chi connectivity index (χ0v) is 28.5. The van der Waals surface area contributed by atoms with Crippen molar-refractivity contribution in [1.29, 1.82) is 0 Å². The summed E-state index contributed by atoms with van der Waals surface area (Å²) in [5.74, 6) is 0.0741. The number of nitrogens with zero attached hydrogens (tertiary/aromatic N) is 2. The molecule has 0 radical (unpaired) electrons. The van der Waals surface area contributed by atoms with Gasteiger partial charge in [-0.05, 0) is 24.3 Å². The van der Waals surface area contributed by atoms with E-state index in [-0.39, 0.29) is 92.8 Å². The molecular formula is C20H14N4Na2O12S4+2. The molecule has 0 atom stereocenters. The van der Waals surface area contributed by atoms with Gasteiger partial charge in [-0.2, -0.15) is 33.7 Å². The van der Waals surface area contributed by atoms with E-state index in [1.807, 2.05) is 0 Å². The molecule has 0 saturated heterocycles. The largest absolute Gasteiger partial charge is 1.00 e. The number of rotatable bonds is 6. The molecule has 0 aliphatic heterocycles. The number of nitrogens with one attached hydrogen (secondary N) is 2. The van der Waals surface area contributed by atoms with Gasteiger partial charge in [-0.1, -0.05) is 24.3 Å². The summed E-state index contributed by atoms with van der Waals surface area (Å²) in [6.45, 7) is 0. The van der Waals surface area contributed by atoms with Gasteiger partial charge in [-0.3, -0.25) is 18.2 Å². The summed E-state index contributed by atoms with van der Waals surface area (Å²) in [4.78, 5) is 10.3. The number of H-pyrrole nitrogens is 2. The van der Waals surface area contributed by atoms with Gasteiger partial charge in [0, 0.05) is 11.1 Å². The van der Waals surface area contributed by atoms with Crippen LogP contribution in [0.25, 0.3) is 44.8 Å². The number of fused-ring (bicyclic) bond motifs is 2. The van der Waals surface area contributed by atoms with Crippen molar-refractivity contribution in [2.45, 2.75) is 19.6 Å². The van der Waals surface area contributed by atoms with Gasteiger partial charge >= 0.3 is 59.1 Å². The monoisotopic (exact) mass is 676 g/mol. The molecule has 5 rings (SSSR count). The van der Waals surface area contributed by atoms with Gasteiger partial charge in [-0.15, -0.1) is 0 Å². The van der Waals surface area contributed by atoms with Crippen molar-refractivity contribution >= 4 is 62.5 Å². The fraction of sp³-hybridized carbons (Fsp3) is 0. The average molecular weight is 677 g/mol. The van der Waals surface area contributed by atoms with E-state index < -0.39 is 60.1 Å². The third-order valence-electron chi connectivity index (χ3n) is 5.63. The summed E-state index contributed by atoms with van der Waals surface area (Å²) >= 11 is 0. The summed E-state index contributed by atoms with van der Waals surface area (Å²) in [6.07, 6.45) is 0. The van der Waals surface area contributed by atoms with Crippen LogP contribution in [0.2, 0.25) is 0 Å². The number of hydrogen-bond acceptors (Lipinski definition) is 10. The van der Waals surface area contributed by atoms with Crippen molar-refractivity contribution < 1.29 is 111 Å². The normalized spacial score (nSPS) is 12.7. The van der Waals surface area contributed by atoms with Crippen LogP contribution in [0.3, 0.4) is 0 Å². The molecular weight excluding hydrogens is 662 g/mol. The average Bonchev–Trinajstić information content (AvgIpc) is 3.44. The Balaban J connectivity index is 0.00000242. The number of hydrogen-bond donors (Lipinski definition) is 6. The molecule has 42 heavy (non-hydrogen) atoms. The summed E-state index contributed by atoms with van der Waals surface area (Å²) in [5.41, 5.74) is -0.216. The van der Waals surface area contributed by atoms with Crippen LogP contribution in [0.1, 0.15) is 0 Å². The van der Waals surface area contributed by atoms with E-state index in [4.69, 9.17) is 0 Å². The predicted octanol–water partition coefficient (Wildman–Crippen LogP) is -4.23. The van der Waals surface area contributed by atoms with Crippen molar-refractivity contribution in [1.82, 2.24) is 19.9 Å². The van der Waals surface area contributed by atoms with E-state index in [1.165, 1.54) is 24.3 Å². The van der Waals surface area contributed by atoms with Crippen LogP contribution in [0, 0.1) is 0 Å². The summed E-state index contributed by atoms with van der Waals surface area (Å²) in [5, 5.41) is 0. The van der Waals surface area contributed by atoms with E-state index in [0.29, 0.717) is 23.3 Å². The van der Waals surface area contributed by atoms with E-state index in [0.717, 1.165) is 12.1 Å². The molecule has 3 aromatic carbocycles. The molecule has 6 N–H and O–H groups in total. The zero-order valence-electron chi connectivity index (χ0n) is 21.2. The summed E-state index contributed by atoms with van der Waals surface area (Å²) < 4.78 is 131. The standard InChI is InChI=1S/C20H14N4O12S4.2Na/c25-37(26,27)11-5-13-17(15(7-11)39(31,32)33)23-19(21-13)9-1-2-10(4-3-9)20-22-14-6-12(38(28,29)30)8-16(18(14)24-20)40(34,35)36;;/h1-8H,(H,21,23)(H,22,24)(H,25,26,27)(H,28,29,30)(H,31,32,33)(H,34,35,36);;/q;2*+1. The molecule has 0 aliphatic rings. The SMILES string of the molecule is O=S(=O)(O)c1cc(S(=O)(=O)O)c2nc(-c3ccc(-c4nc5c(S(=O)(=O)O)cc(S(=O)(=O)O)cc5[nH]4)cc3)[nH]c2c1.[Na+].[Na+]. The van der Waals surface area contributed by atoms with Gasteiger partial charge in [0.15, 0.2) is 0 Å². The van der Waals surface area contributed by atoms with Crippen LogP contribution in [-0.2, 0) is 40.5 Å². The maximum Gasteiger partial charge on any atom is 1.00 e. The van der Waals surface area contributed by atoms with E-state index in [2.05, 4.69) is 19.9 Å². The number of aromatic amines is 2. The van der Waals surface area contributed by atoms with Gasteiger partial charge in [0.05, 0.1) is 20.8 Å². The third-order valence-corrected chi connectivity index (χ3v) is 9.03. The maximum absolute atomic E-state index is 11.8. The molecule has 2 aromatic heterocycles. The second-order valence-electron chi connectivity index (χ2n) is 8.28. The first-order valence-corrected chi connectivity index (χ1v) is 16.2. The molecule has 22 heteroatoms. The van der Waals surface area contributed by atoms with Crippen LogP contribution >= 0.6 is 0 Å². The molecule has 2 heterocycles. The Morgan fingerprint density at radius 3 is 1.07 bits per heavy atom. The van der Waals surface area contributed by atoms with Crippen LogP contribution in [0.15, 0.2) is 68.1 Å². The van der Waals surface area contributed by atoms with Crippen molar-refractivity contribution in [3.8, 4) is 22.8 Å². The summed E-state index contributed by atoms with van der Waals surface area (Å²) in [6, 6.07) is 8.80. The minimum Gasteiger partial charge on any atom is -0.338 e. The van der Waals surface area contributed by atoms with E-state index >= 15 is 0 Å². The Morgan fingerprint density at radius 1 is 0.500 bits per heavy atom. The quantitative estimate of drug-likeness (QED) is 0.0735. The maximum atomic E-state index is 11.8. The van der Waals surface area contributed by atoms with Crippen LogP contribution in [0.5, 0.6) is 0 Å². The van der Waals surface area contributed by atoms with Crippen LogP contribution in [0.4, 0.5) is 0 Å². The first-order valence-electron chi connectivity index (χ1n) is 10.4. The number of aromatic nitrogens is 4. The third kappa shape index (κ3) is 6.81. The van der Waals surface area contributed by atoms with Crippen LogP contribution < -0.4 is 59.1 Å². The first kappa shape index (κ1) is 34.7. The summed E-state index contributed by atoms with van der Waals surface area (Å²) in [7, 11) is -19.6. The van der Waals surface area contributed by atoms with Crippen molar-refractivity contribution in [3.63, 3.8) is 0 Å². The molecule has 210 valence electrons. The predicted molar refractivity (Wildman–Crippen MR) is 136 cm³/mol. The topological polar surface area (TPSA) is 275 Å². The fourth-order valence-corrected chi connectivity index (χ4v) is 6.44. The second-order valence-corrected chi connectivity index (χ2v) is 13.9. The molecule has 16 nitrogen and oxygen atoms in total. The zero-order chi connectivity index (χ0) is 29.4. The number of imidazole rings is 2. The van der Waals surface area contributed by atoms with Crippen molar-refractivity contribution in [2.75, 3.05) is 0 Å². The minimum absolute atomic E-state index is 0. The molecule has 0 spiro atoms. The van der Waals surface area contributed by atoms with Gasteiger partial charge in [-0.25, -0.2) is 9.97 Å². The molecule has 0 amide bonds. The Labute approximate surface area is 281 Å². The van der Waals surface area contributed by atoms with Crippen LogP contribution in [-0.4, -0.2) is 71.8 Å². The Hall–Kier alpha value is -1.76. The smallest absolute Gasteiger partial charge is 0.338 e. The van der Waals surface area contributed by atoms with Gasteiger partial charge in [0.2, 0.25) is 0 Å². The molecule has 0 unspecified atom stereocenters. The second kappa shape index (κ2) is 11.6. The minimum atomic E-state index is -4.95. The van der Waals surface area contributed by atoms with Gasteiger partial charge in [0.1, 0.15) is 32.5 Å². The molecule has 5 aromatic rings. The molecule has 0 aliphatic carbocycles. The first-order chi connectivity index (χ1) is 18.3. The Morgan fingerprint density at radius 2 is 0.810 bits per heavy atom. The van der Waals surface area contributed by atoms with Gasteiger partial charge < -0.3 is 9.97 Å². The van der Waals surface area contributed by atoms with Crippen molar-refractivity contribution in [3.05, 3.63) is 48.5 Å². The van der Waals surface area contributed by atoms with E-state index in [1.54, 1.807) is 0 Å². The van der Waals surface area contributed by atoms with Crippen molar-refractivity contribution in [2.24, 2.45) is 0 Å². The number of benzene rings is 3.